The number of hydrogen-bond acceptors (Lipinski definition) is 4. The minimum absolute atomic E-state index is 0.0681. The van der Waals surface area contributed by atoms with E-state index in [0.717, 1.165) is 38.5 Å². The molecule has 4 atom stereocenters. The van der Waals surface area contributed by atoms with Crippen LogP contribution in [0.2, 0.25) is 0 Å². The molecule has 0 aromatic carbocycles. The summed E-state index contributed by atoms with van der Waals surface area (Å²) in [5.74, 6) is -0.0711. The maximum Gasteiger partial charge on any atom is 0.246 e. The lowest BCUT2D eigenvalue weighted by atomic mass is 9.59. The number of fused-ring (bicyclic) bond motifs is 3. The molecule has 3 unspecified atom stereocenters. The predicted molar refractivity (Wildman–Crippen MR) is 116 cm³/mol. The first kappa shape index (κ1) is 23.2. The van der Waals surface area contributed by atoms with Crippen LogP contribution in [0.5, 0.6) is 0 Å². The predicted octanol–water partition coefficient (Wildman–Crippen LogP) is 3.13. The lowest BCUT2D eigenvalue weighted by molar-refractivity contribution is -0.141. The third-order valence-electron chi connectivity index (χ3n) is 8.17. The van der Waals surface area contributed by atoms with Gasteiger partial charge in [-0.15, -0.1) is 11.6 Å². The molecule has 0 saturated heterocycles. The molecule has 176 valence electrons. The molecule has 0 aromatic heterocycles. The standard InChI is InChI=1S/C23H36ClFN2O4/c24-17-7-6-16(12-18(17)25)31-14-20(29)26-22-8-10-23(11-9-22,19(28)13-22)27-21(30)15-4-2-1-3-5-15/h15-19,28H,1-14H2,(H,26,29)(H,27,30)/t16?,17?,18?,19-,22?,23?/m0/s1. The van der Waals surface area contributed by atoms with E-state index in [-0.39, 0.29) is 36.9 Å². The second kappa shape index (κ2) is 9.52. The number of ether oxygens (including phenoxy) is 1. The Labute approximate surface area is 189 Å². The van der Waals surface area contributed by atoms with Crippen molar-refractivity contribution in [2.24, 2.45) is 5.92 Å². The Morgan fingerprint density at radius 2 is 1.74 bits per heavy atom. The van der Waals surface area contributed by atoms with Crippen molar-refractivity contribution < 1.29 is 23.8 Å². The Hall–Kier alpha value is -0.920. The molecule has 31 heavy (non-hydrogen) atoms. The summed E-state index contributed by atoms with van der Waals surface area (Å²) in [4.78, 5) is 25.3. The van der Waals surface area contributed by atoms with E-state index < -0.39 is 28.7 Å². The van der Waals surface area contributed by atoms with Gasteiger partial charge in [0.05, 0.1) is 23.1 Å². The van der Waals surface area contributed by atoms with Crippen molar-refractivity contribution in [2.75, 3.05) is 6.61 Å². The molecule has 5 aliphatic carbocycles. The molecule has 5 saturated carbocycles. The summed E-state index contributed by atoms with van der Waals surface area (Å²) >= 11 is 5.91. The van der Waals surface area contributed by atoms with E-state index in [4.69, 9.17) is 16.3 Å². The van der Waals surface area contributed by atoms with Crippen LogP contribution in [-0.4, -0.2) is 58.4 Å². The number of nitrogens with one attached hydrogen (secondary N) is 2. The van der Waals surface area contributed by atoms with Crippen molar-refractivity contribution in [1.29, 1.82) is 0 Å². The molecule has 5 aliphatic rings. The largest absolute Gasteiger partial charge is 0.391 e. The summed E-state index contributed by atoms with van der Waals surface area (Å²) < 4.78 is 19.4. The molecule has 2 amide bonds. The van der Waals surface area contributed by atoms with E-state index in [1.165, 1.54) is 6.42 Å². The van der Waals surface area contributed by atoms with Gasteiger partial charge in [0.25, 0.3) is 0 Å². The third kappa shape index (κ3) is 5.19. The fourth-order valence-corrected chi connectivity index (χ4v) is 6.32. The average Bonchev–Trinajstić information content (AvgIpc) is 2.76. The highest BCUT2D eigenvalue weighted by Crippen LogP contribution is 2.47. The monoisotopic (exact) mass is 458 g/mol. The molecular formula is C23H36ClFN2O4. The molecule has 0 spiro atoms. The molecule has 0 heterocycles. The van der Waals surface area contributed by atoms with Gasteiger partial charge in [-0.3, -0.25) is 9.59 Å². The Kier molecular flexibility index (Phi) is 7.14. The Balaban J connectivity index is 1.26. The van der Waals surface area contributed by atoms with E-state index in [1.54, 1.807) is 0 Å². The molecule has 5 rings (SSSR count). The molecule has 6 nitrogen and oxygen atoms in total. The molecule has 8 heteroatoms. The van der Waals surface area contributed by atoms with Gasteiger partial charge in [-0.2, -0.15) is 0 Å². The average molecular weight is 459 g/mol. The number of carbonyl (C=O) groups excluding carboxylic acids is 2. The fourth-order valence-electron chi connectivity index (χ4n) is 6.09. The molecule has 3 N–H and O–H groups in total. The van der Waals surface area contributed by atoms with Gasteiger partial charge in [-0.25, -0.2) is 4.39 Å². The van der Waals surface area contributed by atoms with Gasteiger partial charge in [0.1, 0.15) is 12.8 Å². The van der Waals surface area contributed by atoms with Gasteiger partial charge in [-0.05, 0) is 57.8 Å². The zero-order valence-corrected chi connectivity index (χ0v) is 19.0. The number of aliphatic hydroxyl groups is 1. The Morgan fingerprint density at radius 3 is 2.39 bits per heavy atom. The second-order valence-corrected chi connectivity index (χ2v) is 10.9. The quantitative estimate of drug-likeness (QED) is 0.533. The summed E-state index contributed by atoms with van der Waals surface area (Å²) in [7, 11) is 0. The first-order chi connectivity index (χ1) is 14.8. The van der Waals surface area contributed by atoms with Crippen LogP contribution in [0.25, 0.3) is 0 Å². The Bertz CT molecular complexity index is 664. The topological polar surface area (TPSA) is 87.7 Å². The third-order valence-corrected chi connectivity index (χ3v) is 8.66. The normalized spacial score (nSPS) is 41.0. The van der Waals surface area contributed by atoms with Crippen molar-refractivity contribution in [1.82, 2.24) is 10.6 Å². The van der Waals surface area contributed by atoms with Crippen LogP contribution >= 0.6 is 11.6 Å². The van der Waals surface area contributed by atoms with Crippen LogP contribution in [0.4, 0.5) is 4.39 Å². The minimum atomic E-state index is -1.09. The fraction of sp³-hybridized carbons (Fsp3) is 0.913. The zero-order valence-electron chi connectivity index (χ0n) is 18.2. The summed E-state index contributed by atoms with van der Waals surface area (Å²) in [6, 6.07) is 0. The van der Waals surface area contributed by atoms with Crippen LogP contribution in [-0.2, 0) is 14.3 Å². The molecule has 0 aliphatic heterocycles. The van der Waals surface area contributed by atoms with Crippen molar-refractivity contribution in [3.05, 3.63) is 0 Å². The van der Waals surface area contributed by atoms with Gasteiger partial charge in [0.2, 0.25) is 11.8 Å². The van der Waals surface area contributed by atoms with Crippen LogP contribution in [0.15, 0.2) is 0 Å². The first-order valence-electron chi connectivity index (χ1n) is 12.0. The van der Waals surface area contributed by atoms with Gasteiger partial charge >= 0.3 is 0 Å². The highest BCUT2D eigenvalue weighted by atomic mass is 35.5. The molecular weight excluding hydrogens is 423 g/mol. The van der Waals surface area contributed by atoms with E-state index in [9.17, 15) is 19.1 Å². The number of rotatable bonds is 6. The van der Waals surface area contributed by atoms with Gasteiger partial charge < -0.3 is 20.5 Å². The summed E-state index contributed by atoms with van der Waals surface area (Å²) in [6.45, 7) is -0.105. The summed E-state index contributed by atoms with van der Waals surface area (Å²) in [6.07, 6.45) is 7.90. The van der Waals surface area contributed by atoms with Gasteiger partial charge in [0.15, 0.2) is 0 Å². The Morgan fingerprint density at radius 1 is 1.03 bits per heavy atom. The van der Waals surface area contributed by atoms with Crippen molar-refractivity contribution in [3.8, 4) is 0 Å². The minimum Gasteiger partial charge on any atom is -0.391 e. The number of alkyl halides is 2. The first-order valence-corrected chi connectivity index (χ1v) is 12.5. The number of halogens is 2. The van der Waals surface area contributed by atoms with Crippen molar-refractivity contribution in [3.63, 3.8) is 0 Å². The molecule has 0 radical (unpaired) electrons. The molecule has 5 fully saturated rings. The number of hydrogen-bond donors (Lipinski definition) is 3. The smallest absolute Gasteiger partial charge is 0.246 e. The van der Waals surface area contributed by atoms with E-state index in [1.807, 2.05) is 0 Å². The van der Waals surface area contributed by atoms with Crippen LogP contribution < -0.4 is 10.6 Å². The van der Waals surface area contributed by atoms with Crippen molar-refractivity contribution >= 4 is 23.4 Å². The molecule has 0 aromatic rings. The summed E-state index contributed by atoms with van der Waals surface area (Å²) in [5.41, 5.74) is -1.01. The number of carbonyl (C=O) groups is 2. The van der Waals surface area contributed by atoms with Crippen LogP contribution in [0.1, 0.15) is 83.5 Å². The maximum atomic E-state index is 13.8. The lowest BCUT2D eigenvalue weighted by Crippen LogP contribution is -2.70. The van der Waals surface area contributed by atoms with Gasteiger partial charge in [0, 0.05) is 17.9 Å². The molecule has 2 bridgehead atoms. The van der Waals surface area contributed by atoms with Crippen LogP contribution in [0, 0.1) is 5.92 Å². The second-order valence-electron chi connectivity index (χ2n) is 10.3. The highest BCUT2D eigenvalue weighted by Gasteiger charge is 2.55. The van der Waals surface area contributed by atoms with E-state index in [2.05, 4.69) is 10.6 Å². The van der Waals surface area contributed by atoms with Crippen molar-refractivity contribution in [2.45, 2.75) is 118 Å². The lowest BCUT2D eigenvalue weighted by Gasteiger charge is -2.56. The maximum absolute atomic E-state index is 13.8. The number of amides is 2. The van der Waals surface area contributed by atoms with E-state index in [0.29, 0.717) is 32.1 Å². The summed E-state index contributed by atoms with van der Waals surface area (Å²) in [5, 5.41) is 16.8. The number of aliphatic hydroxyl groups excluding tert-OH is 1. The van der Waals surface area contributed by atoms with Gasteiger partial charge in [-0.1, -0.05) is 19.3 Å². The highest BCUT2D eigenvalue weighted by molar-refractivity contribution is 6.21. The SMILES string of the molecule is O=C(COC1CCC(Cl)C(F)C1)NC12CCC(NC(=O)C3CCCCC3)(CC1)[C@@H](O)C2. The van der Waals surface area contributed by atoms with E-state index >= 15 is 0 Å². The van der Waals surface area contributed by atoms with Crippen LogP contribution in [0.3, 0.4) is 0 Å². The zero-order chi connectivity index (χ0) is 22.1.